The first-order chi connectivity index (χ1) is 5.77. The minimum Gasteiger partial charge on any atom is -0.126 e. The van der Waals surface area contributed by atoms with Gasteiger partial charge < -0.3 is 0 Å². The van der Waals surface area contributed by atoms with E-state index in [-0.39, 0.29) is 0 Å². The highest BCUT2D eigenvalue weighted by Crippen LogP contribution is 2.58. The zero-order valence-corrected chi connectivity index (χ0v) is 8.48. The van der Waals surface area contributed by atoms with E-state index in [0.29, 0.717) is 5.41 Å². The Kier molecular flexibility index (Phi) is 2.20. The van der Waals surface area contributed by atoms with E-state index in [2.05, 4.69) is 19.1 Å². The van der Waals surface area contributed by atoms with Gasteiger partial charge in [0.1, 0.15) is 0 Å². The fourth-order valence-electron chi connectivity index (χ4n) is 2.49. The highest BCUT2D eigenvalue weighted by Gasteiger charge is 2.50. The van der Waals surface area contributed by atoms with Crippen molar-refractivity contribution >= 4 is 11.6 Å². The van der Waals surface area contributed by atoms with Crippen molar-refractivity contribution < 1.29 is 0 Å². The van der Waals surface area contributed by atoms with Crippen LogP contribution in [-0.2, 0) is 0 Å². The predicted octanol–water partition coefficient (Wildman–Crippen LogP) is 3.61. The lowest BCUT2D eigenvalue weighted by Crippen LogP contribution is -2.11. The SMILES string of the molecule is CC1CC1(CCl)CC1CC=CC1. The summed E-state index contributed by atoms with van der Waals surface area (Å²) >= 11 is 6.01. The lowest BCUT2D eigenvalue weighted by atomic mass is 9.90. The van der Waals surface area contributed by atoms with Gasteiger partial charge in [-0.25, -0.2) is 0 Å². The van der Waals surface area contributed by atoms with E-state index in [4.69, 9.17) is 11.6 Å². The van der Waals surface area contributed by atoms with Crippen LogP contribution in [0.15, 0.2) is 12.2 Å². The van der Waals surface area contributed by atoms with E-state index in [9.17, 15) is 0 Å². The molecule has 2 aliphatic rings. The van der Waals surface area contributed by atoms with Crippen molar-refractivity contribution in [3.63, 3.8) is 0 Å². The molecule has 1 saturated carbocycles. The summed E-state index contributed by atoms with van der Waals surface area (Å²) in [5.74, 6) is 2.68. The highest BCUT2D eigenvalue weighted by atomic mass is 35.5. The van der Waals surface area contributed by atoms with Crippen molar-refractivity contribution in [2.45, 2.75) is 32.6 Å². The molecule has 2 atom stereocenters. The van der Waals surface area contributed by atoms with Crippen molar-refractivity contribution in [3.05, 3.63) is 12.2 Å². The first-order valence-corrected chi connectivity index (χ1v) is 5.51. The number of rotatable bonds is 3. The summed E-state index contributed by atoms with van der Waals surface area (Å²) in [5, 5.41) is 0. The Bertz CT molecular complexity index is 185. The molecule has 1 heteroatoms. The molecular weight excluding hydrogens is 168 g/mol. The van der Waals surface area contributed by atoms with Crippen LogP contribution in [0.3, 0.4) is 0 Å². The number of alkyl halides is 1. The van der Waals surface area contributed by atoms with Crippen LogP contribution < -0.4 is 0 Å². The van der Waals surface area contributed by atoms with Crippen LogP contribution in [0.25, 0.3) is 0 Å². The van der Waals surface area contributed by atoms with E-state index >= 15 is 0 Å². The molecule has 2 aliphatic carbocycles. The third-order valence-corrected chi connectivity index (χ3v) is 4.20. The Morgan fingerprint density at radius 3 is 2.42 bits per heavy atom. The third-order valence-electron chi connectivity index (χ3n) is 3.66. The molecule has 0 aliphatic heterocycles. The smallest absolute Gasteiger partial charge is 0.0282 e. The molecule has 0 spiro atoms. The van der Waals surface area contributed by atoms with Crippen LogP contribution >= 0.6 is 11.6 Å². The van der Waals surface area contributed by atoms with Crippen molar-refractivity contribution in [1.29, 1.82) is 0 Å². The molecule has 0 amide bonds. The molecule has 0 radical (unpaired) electrons. The molecule has 0 saturated heterocycles. The van der Waals surface area contributed by atoms with E-state index in [1.807, 2.05) is 0 Å². The Balaban J connectivity index is 1.86. The minimum atomic E-state index is 0.540. The molecule has 2 unspecified atom stereocenters. The van der Waals surface area contributed by atoms with Crippen LogP contribution in [0, 0.1) is 17.3 Å². The van der Waals surface area contributed by atoms with E-state index < -0.39 is 0 Å². The van der Waals surface area contributed by atoms with Gasteiger partial charge in [-0.1, -0.05) is 19.1 Å². The zero-order chi connectivity index (χ0) is 8.60. The molecule has 68 valence electrons. The second kappa shape index (κ2) is 3.06. The lowest BCUT2D eigenvalue weighted by molar-refractivity contribution is 0.372. The topological polar surface area (TPSA) is 0 Å². The van der Waals surface area contributed by atoms with Crippen LogP contribution in [-0.4, -0.2) is 5.88 Å². The maximum absolute atomic E-state index is 6.01. The van der Waals surface area contributed by atoms with Gasteiger partial charge in [0.25, 0.3) is 0 Å². The monoisotopic (exact) mass is 184 g/mol. The molecule has 1 fully saturated rings. The second-order valence-electron chi connectivity index (χ2n) is 4.61. The highest BCUT2D eigenvalue weighted by molar-refractivity contribution is 6.18. The first kappa shape index (κ1) is 8.62. The quantitative estimate of drug-likeness (QED) is 0.465. The molecule has 0 aromatic heterocycles. The maximum Gasteiger partial charge on any atom is 0.0282 e. The Labute approximate surface area is 80.0 Å². The van der Waals surface area contributed by atoms with Crippen LogP contribution in [0.2, 0.25) is 0 Å². The van der Waals surface area contributed by atoms with Crippen molar-refractivity contribution in [2.75, 3.05) is 5.88 Å². The third kappa shape index (κ3) is 1.42. The summed E-state index contributed by atoms with van der Waals surface area (Å²) in [6.07, 6.45) is 9.97. The van der Waals surface area contributed by atoms with Gasteiger partial charge in [-0.3, -0.25) is 0 Å². The lowest BCUT2D eigenvalue weighted by Gasteiger charge is -2.17. The minimum absolute atomic E-state index is 0.540. The predicted molar refractivity (Wildman–Crippen MR) is 53.4 cm³/mol. The fourth-order valence-corrected chi connectivity index (χ4v) is 2.97. The summed E-state index contributed by atoms with van der Waals surface area (Å²) in [6.45, 7) is 2.34. The standard InChI is InChI=1S/C11H17Cl/c1-9-6-11(9,8-12)7-10-4-2-3-5-10/h2-3,9-10H,4-8H2,1H3. The van der Waals surface area contributed by atoms with Crippen molar-refractivity contribution in [3.8, 4) is 0 Å². The molecule has 0 heterocycles. The summed E-state index contributed by atoms with van der Waals surface area (Å²) in [6, 6.07) is 0. The molecule has 0 aromatic rings. The second-order valence-corrected chi connectivity index (χ2v) is 4.88. The van der Waals surface area contributed by atoms with Crippen molar-refractivity contribution in [1.82, 2.24) is 0 Å². The summed E-state index contributed by atoms with van der Waals surface area (Å²) in [5.41, 5.74) is 0.540. The average Bonchev–Trinajstić information content (AvgIpc) is 2.51. The molecular formula is C11H17Cl. The summed E-state index contributed by atoms with van der Waals surface area (Å²) in [7, 11) is 0. The normalized spacial score (nSPS) is 40.7. The van der Waals surface area contributed by atoms with Gasteiger partial charge in [0.15, 0.2) is 0 Å². The molecule has 0 N–H and O–H groups in total. The van der Waals surface area contributed by atoms with Gasteiger partial charge in [-0.2, -0.15) is 0 Å². The molecule has 0 bridgehead atoms. The van der Waals surface area contributed by atoms with Gasteiger partial charge in [-0.05, 0) is 42.9 Å². The first-order valence-electron chi connectivity index (χ1n) is 4.98. The summed E-state index contributed by atoms with van der Waals surface area (Å²) < 4.78 is 0. The van der Waals surface area contributed by atoms with Gasteiger partial charge in [0, 0.05) is 5.88 Å². The number of hydrogen-bond donors (Lipinski definition) is 0. The van der Waals surface area contributed by atoms with Gasteiger partial charge in [-0.15, -0.1) is 11.6 Å². The van der Waals surface area contributed by atoms with Crippen molar-refractivity contribution in [2.24, 2.45) is 17.3 Å². The fraction of sp³-hybridized carbons (Fsp3) is 0.818. The molecule has 0 nitrogen and oxygen atoms in total. The Hall–Kier alpha value is 0.0300. The largest absolute Gasteiger partial charge is 0.126 e. The Morgan fingerprint density at radius 2 is 2.00 bits per heavy atom. The summed E-state index contributed by atoms with van der Waals surface area (Å²) in [4.78, 5) is 0. The maximum atomic E-state index is 6.01. The number of hydrogen-bond acceptors (Lipinski definition) is 0. The van der Waals surface area contributed by atoms with Gasteiger partial charge in [0.05, 0.1) is 0 Å². The number of allylic oxidation sites excluding steroid dienone is 2. The van der Waals surface area contributed by atoms with Crippen LogP contribution in [0.5, 0.6) is 0 Å². The van der Waals surface area contributed by atoms with Gasteiger partial charge >= 0.3 is 0 Å². The molecule has 0 aromatic carbocycles. The van der Waals surface area contributed by atoms with Gasteiger partial charge in [0.2, 0.25) is 0 Å². The van der Waals surface area contributed by atoms with Crippen LogP contribution in [0.1, 0.15) is 32.6 Å². The average molecular weight is 185 g/mol. The zero-order valence-electron chi connectivity index (χ0n) is 7.72. The number of halogens is 1. The van der Waals surface area contributed by atoms with E-state index in [0.717, 1.165) is 17.7 Å². The Morgan fingerprint density at radius 1 is 1.42 bits per heavy atom. The van der Waals surface area contributed by atoms with E-state index in [1.165, 1.54) is 25.7 Å². The van der Waals surface area contributed by atoms with Crippen LogP contribution in [0.4, 0.5) is 0 Å². The molecule has 2 rings (SSSR count). The van der Waals surface area contributed by atoms with E-state index in [1.54, 1.807) is 0 Å². The molecule has 12 heavy (non-hydrogen) atoms.